The summed E-state index contributed by atoms with van der Waals surface area (Å²) in [5.74, 6) is -0.471. The Morgan fingerprint density at radius 1 is 1.04 bits per heavy atom. The van der Waals surface area contributed by atoms with Crippen molar-refractivity contribution in [2.45, 2.75) is 57.1 Å². The van der Waals surface area contributed by atoms with Gasteiger partial charge in [0, 0.05) is 60.8 Å². The number of aliphatic hydroxyl groups is 1. The number of rotatable bonds is 12. The summed E-state index contributed by atoms with van der Waals surface area (Å²) in [7, 11) is 3.18. The third-order valence-electron chi connectivity index (χ3n) is 8.47. The molecule has 2 saturated heterocycles. The third-order valence-corrected chi connectivity index (χ3v) is 9.64. The summed E-state index contributed by atoms with van der Waals surface area (Å²) in [4.78, 5) is 39.6. The van der Waals surface area contributed by atoms with Crippen molar-refractivity contribution >= 4 is 64.1 Å². The van der Waals surface area contributed by atoms with Gasteiger partial charge in [-0.25, -0.2) is 4.79 Å². The first kappa shape index (κ1) is 36.6. The summed E-state index contributed by atoms with van der Waals surface area (Å²) < 4.78 is 0. The van der Waals surface area contributed by atoms with E-state index in [4.69, 9.17) is 51.2 Å². The predicted octanol–water partition coefficient (Wildman–Crippen LogP) is 6.91. The van der Waals surface area contributed by atoms with E-state index in [1.807, 2.05) is 17.0 Å². The van der Waals surface area contributed by atoms with Gasteiger partial charge in [0.05, 0.1) is 34.4 Å². The van der Waals surface area contributed by atoms with Gasteiger partial charge in [0.2, 0.25) is 0 Å². The fraction of sp³-hybridized carbons (Fsp3) is 0.545. The third kappa shape index (κ3) is 9.87. The molecule has 0 aliphatic carbocycles. The molecule has 2 fully saturated rings. The van der Waals surface area contributed by atoms with Crippen LogP contribution in [-0.2, 0) is 4.84 Å². The minimum absolute atomic E-state index is 0.0191. The summed E-state index contributed by atoms with van der Waals surface area (Å²) in [5.41, 5.74) is 1.02. The van der Waals surface area contributed by atoms with Crippen molar-refractivity contribution in [2.24, 2.45) is 5.16 Å². The monoisotopic (exact) mass is 713 g/mol. The minimum atomic E-state index is -0.928. The molecule has 1 atom stereocenters. The second-order valence-electron chi connectivity index (χ2n) is 12.7. The molecule has 13 heteroatoms. The largest absolute Gasteiger partial charge is 0.399 e. The molecular weight excluding hydrogens is 672 g/mol. The molecule has 2 aliphatic rings. The summed E-state index contributed by atoms with van der Waals surface area (Å²) in [5, 5.41) is 16.3. The highest BCUT2D eigenvalue weighted by molar-refractivity contribution is 6.42. The van der Waals surface area contributed by atoms with Crippen LogP contribution in [0.4, 0.5) is 4.79 Å². The number of urea groups is 1. The number of amides is 3. The van der Waals surface area contributed by atoms with Gasteiger partial charge in [0.1, 0.15) is 7.11 Å². The molecule has 2 aliphatic heterocycles. The maximum Gasteiger partial charge on any atom is 0.320 e. The van der Waals surface area contributed by atoms with Gasteiger partial charge in [-0.1, -0.05) is 57.6 Å². The van der Waals surface area contributed by atoms with Crippen LogP contribution >= 0.6 is 46.4 Å². The highest BCUT2D eigenvalue weighted by atomic mass is 35.5. The van der Waals surface area contributed by atoms with E-state index in [0.717, 1.165) is 51.0 Å². The van der Waals surface area contributed by atoms with E-state index in [2.05, 4.69) is 10.1 Å². The number of piperidine rings is 1. The number of hydrogen-bond donors (Lipinski definition) is 1. The average Bonchev–Trinajstić information content (AvgIpc) is 2.99. The summed E-state index contributed by atoms with van der Waals surface area (Å²) in [6.45, 7) is 7.87. The summed E-state index contributed by atoms with van der Waals surface area (Å²) >= 11 is 25.0. The van der Waals surface area contributed by atoms with Gasteiger partial charge < -0.3 is 29.5 Å². The molecule has 0 aromatic heterocycles. The first-order valence-electron chi connectivity index (χ1n) is 15.5. The number of β-amino-alcohol motifs (C(OH)–C–C–N with tert-alkyl or cyclic N) is 1. The van der Waals surface area contributed by atoms with E-state index in [1.54, 1.807) is 55.0 Å². The Bertz CT molecular complexity index is 1390. The van der Waals surface area contributed by atoms with Gasteiger partial charge in [-0.2, -0.15) is 0 Å². The quantitative estimate of drug-likeness (QED) is 0.191. The molecular formula is C33H43Cl4N5O4. The molecule has 1 unspecified atom stereocenters. The molecule has 4 rings (SSSR count). The minimum Gasteiger partial charge on any atom is -0.399 e. The van der Waals surface area contributed by atoms with Crippen molar-refractivity contribution in [1.29, 1.82) is 0 Å². The van der Waals surface area contributed by atoms with Gasteiger partial charge in [-0.3, -0.25) is 4.79 Å². The van der Waals surface area contributed by atoms with Crippen LogP contribution in [0.1, 0.15) is 61.4 Å². The van der Waals surface area contributed by atoms with Crippen molar-refractivity contribution in [3.05, 3.63) is 67.6 Å². The van der Waals surface area contributed by atoms with Gasteiger partial charge in [-0.05, 0) is 82.0 Å². The van der Waals surface area contributed by atoms with Gasteiger partial charge in [0.25, 0.3) is 5.91 Å². The first-order valence-corrected chi connectivity index (χ1v) is 17.0. The number of halogens is 4. The molecule has 252 valence electrons. The average molecular weight is 716 g/mol. The fourth-order valence-corrected chi connectivity index (χ4v) is 7.14. The van der Waals surface area contributed by atoms with Crippen molar-refractivity contribution in [3.63, 3.8) is 0 Å². The maximum atomic E-state index is 13.3. The summed E-state index contributed by atoms with van der Waals surface area (Å²) in [6, 6.07) is 10.5. The van der Waals surface area contributed by atoms with E-state index in [9.17, 15) is 14.7 Å². The molecule has 9 nitrogen and oxygen atoms in total. The Hall–Kier alpha value is -2.27. The fourth-order valence-electron chi connectivity index (χ4n) is 6.31. The highest BCUT2D eigenvalue weighted by Gasteiger charge is 2.35. The zero-order valence-corrected chi connectivity index (χ0v) is 29.8. The molecule has 1 N–H and O–H groups in total. The number of carbonyl (C=O) groups excluding carboxylic acids is 2. The first-order chi connectivity index (χ1) is 21.8. The van der Waals surface area contributed by atoms with Crippen molar-refractivity contribution in [3.8, 4) is 0 Å². The number of benzene rings is 2. The number of likely N-dealkylation sites (tertiary alicyclic amines) is 1. The van der Waals surface area contributed by atoms with Crippen LogP contribution in [0.5, 0.6) is 0 Å². The second kappa shape index (κ2) is 16.2. The number of hydrogen-bond acceptors (Lipinski definition) is 6. The van der Waals surface area contributed by atoms with Crippen LogP contribution in [-0.4, -0.2) is 114 Å². The lowest BCUT2D eigenvalue weighted by Gasteiger charge is -2.44. The normalized spacial score (nSPS) is 17.8. The maximum absolute atomic E-state index is 13.3. The van der Waals surface area contributed by atoms with Crippen molar-refractivity contribution in [2.75, 3.05) is 60.0 Å². The number of carbonyl (C=O) groups is 2. The molecule has 0 spiro atoms. The SMILES string of the molecule is CO/N=C(\CN(C)C(=O)c1cc(Cl)cc(Cl)c1)C(CCN1CCC(N2CCCN(CC(C)(C)O)C2=O)CC1)c1ccc(Cl)c(Cl)c1. The predicted molar refractivity (Wildman–Crippen MR) is 186 cm³/mol. The van der Waals surface area contributed by atoms with E-state index in [0.29, 0.717) is 50.9 Å². The van der Waals surface area contributed by atoms with E-state index >= 15 is 0 Å². The van der Waals surface area contributed by atoms with Crippen LogP contribution in [0.3, 0.4) is 0 Å². The van der Waals surface area contributed by atoms with Crippen molar-refractivity contribution < 1.29 is 19.5 Å². The van der Waals surface area contributed by atoms with Crippen LogP contribution in [0.2, 0.25) is 20.1 Å². The zero-order valence-electron chi connectivity index (χ0n) is 26.8. The Morgan fingerprint density at radius 3 is 2.33 bits per heavy atom. The zero-order chi connectivity index (χ0) is 33.6. The molecule has 46 heavy (non-hydrogen) atoms. The summed E-state index contributed by atoms with van der Waals surface area (Å²) in [6.07, 6.45) is 3.34. The molecule has 2 heterocycles. The number of oxime groups is 1. The van der Waals surface area contributed by atoms with Gasteiger partial charge in [0.15, 0.2) is 0 Å². The molecule has 2 aromatic carbocycles. The van der Waals surface area contributed by atoms with Crippen LogP contribution in [0, 0.1) is 0 Å². The Kier molecular flexibility index (Phi) is 12.9. The smallest absolute Gasteiger partial charge is 0.320 e. The topological polar surface area (TPSA) is 88.9 Å². The molecule has 0 bridgehead atoms. The standard InChI is InChI=1S/C33H43Cl4N5O4/c1-33(2,45)21-41-11-5-12-42(32(41)44)26-8-13-40(14-9-26)15-10-27(22-6-7-28(36)29(37)18-22)30(38-46-4)20-39(3)31(43)23-16-24(34)19-25(35)17-23/h6-7,16-19,26-27,45H,5,8-15,20-21H2,1-4H3/b38-30+. The van der Waals surface area contributed by atoms with Crippen LogP contribution in [0.25, 0.3) is 0 Å². The Labute approximate surface area is 291 Å². The van der Waals surface area contributed by atoms with Crippen LogP contribution in [0.15, 0.2) is 41.6 Å². The lowest BCUT2D eigenvalue weighted by Crippen LogP contribution is -2.57. The molecule has 0 saturated carbocycles. The highest BCUT2D eigenvalue weighted by Crippen LogP contribution is 2.31. The Balaban J connectivity index is 1.45. The molecule has 2 aromatic rings. The van der Waals surface area contributed by atoms with E-state index < -0.39 is 5.60 Å². The lowest BCUT2D eigenvalue weighted by atomic mass is 9.89. The van der Waals surface area contributed by atoms with Crippen molar-refractivity contribution in [1.82, 2.24) is 19.6 Å². The van der Waals surface area contributed by atoms with Gasteiger partial charge in [-0.15, -0.1) is 0 Å². The second-order valence-corrected chi connectivity index (χ2v) is 14.4. The lowest BCUT2D eigenvalue weighted by molar-refractivity contribution is 0.0217. The van der Waals surface area contributed by atoms with Crippen LogP contribution < -0.4 is 0 Å². The van der Waals surface area contributed by atoms with E-state index in [-0.39, 0.29) is 30.4 Å². The molecule has 0 radical (unpaired) electrons. The number of nitrogens with zero attached hydrogens (tertiary/aromatic N) is 5. The Morgan fingerprint density at radius 2 is 1.72 bits per heavy atom. The van der Waals surface area contributed by atoms with E-state index in [1.165, 1.54) is 7.11 Å². The molecule has 3 amide bonds. The van der Waals surface area contributed by atoms with Gasteiger partial charge >= 0.3 is 6.03 Å².